The maximum Gasteiger partial charge on any atom is 0.00668 e. The third-order valence-corrected chi connectivity index (χ3v) is 2.82. The highest BCUT2D eigenvalue weighted by atomic mass is 14.9. The van der Waals surface area contributed by atoms with E-state index in [4.69, 9.17) is 0 Å². The molecule has 1 unspecified atom stereocenters. The van der Waals surface area contributed by atoms with Crippen LogP contribution in [0.3, 0.4) is 0 Å². The van der Waals surface area contributed by atoms with E-state index in [2.05, 4.69) is 26.2 Å². The van der Waals surface area contributed by atoms with Crippen molar-refractivity contribution in [1.82, 2.24) is 5.32 Å². The maximum absolute atomic E-state index is 3.43. The second kappa shape index (κ2) is 4.86. The first-order chi connectivity index (χ1) is 5.72. The average Bonchev–Trinajstić information content (AvgIpc) is 2.81. The van der Waals surface area contributed by atoms with Crippen LogP contribution in [0.2, 0.25) is 0 Å². The molecule has 0 spiro atoms. The minimum atomic E-state index is 0.792. The van der Waals surface area contributed by atoms with Gasteiger partial charge in [0.2, 0.25) is 0 Å². The summed E-state index contributed by atoms with van der Waals surface area (Å²) in [5.74, 6) is 1.93. The van der Waals surface area contributed by atoms with Gasteiger partial charge in [0.05, 0.1) is 0 Å². The average molecular weight is 169 g/mol. The highest BCUT2D eigenvalue weighted by Crippen LogP contribution is 2.34. The zero-order valence-electron chi connectivity index (χ0n) is 8.77. The molecule has 0 aromatic carbocycles. The Balaban J connectivity index is 2.06. The minimum Gasteiger partial charge on any atom is -0.317 e. The van der Waals surface area contributed by atoms with Gasteiger partial charge in [0.25, 0.3) is 0 Å². The van der Waals surface area contributed by atoms with Gasteiger partial charge in [-0.05, 0) is 38.1 Å². The molecule has 0 aliphatic heterocycles. The predicted octanol–water partition coefficient (Wildman–Crippen LogP) is 2.81. The molecule has 1 N–H and O–H groups in total. The van der Waals surface area contributed by atoms with E-state index in [1.165, 1.54) is 32.1 Å². The van der Waals surface area contributed by atoms with Crippen LogP contribution in [0.4, 0.5) is 0 Å². The monoisotopic (exact) mass is 169 g/mol. The van der Waals surface area contributed by atoms with Crippen molar-refractivity contribution in [3.05, 3.63) is 0 Å². The Bertz CT molecular complexity index is 116. The van der Waals surface area contributed by atoms with Gasteiger partial charge in [0.15, 0.2) is 0 Å². The molecule has 0 saturated heterocycles. The lowest BCUT2D eigenvalue weighted by atomic mass is 10.00. The van der Waals surface area contributed by atoms with E-state index >= 15 is 0 Å². The van der Waals surface area contributed by atoms with Gasteiger partial charge < -0.3 is 5.32 Å². The van der Waals surface area contributed by atoms with Gasteiger partial charge in [-0.15, -0.1) is 0 Å². The summed E-state index contributed by atoms with van der Waals surface area (Å²) in [6.45, 7) is 4.62. The van der Waals surface area contributed by atoms with E-state index < -0.39 is 0 Å². The highest BCUT2D eigenvalue weighted by Gasteiger charge is 2.24. The zero-order valence-corrected chi connectivity index (χ0v) is 8.77. The van der Waals surface area contributed by atoms with Gasteiger partial charge in [0.1, 0.15) is 0 Å². The summed E-state index contributed by atoms with van der Waals surface area (Å²) in [6.07, 6.45) is 7.13. The molecule has 0 radical (unpaired) electrons. The molecular formula is C11H23N. The Morgan fingerprint density at radius 3 is 2.33 bits per heavy atom. The first-order valence-corrected chi connectivity index (χ1v) is 5.39. The third-order valence-electron chi connectivity index (χ3n) is 2.82. The van der Waals surface area contributed by atoms with Crippen LogP contribution in [0.15, 0.2) is 0 Å². The van der Waals surface area contributed by atoms with Crippen LogP contribution in [0, 0.1) is 11.8 Å². The Kier molecular flexibility index (Phi) is 4.07. The first kappa shape index (κ1) is 10.0. The van der Waals surface area contributed by atoms with Crippen molar-refractivity contribution in [2.45, 2.75) is 52.0 Å². The SMILES string of the molecule is CNC(CCC(C)C)CC1CC1. The summed E-state index contributed by atoms with van der Waals surface area (Å²) in [4.78, 5) is 0. The quantitative estimate of drug-likeness (QED) is 0.644. The van der Waals surface area contributed by atoms with E-state index in [1.54, 1.807) is 0 Å². The molecule has 1 atom stereocenters. The molecule has 1 aliphatic carbocycles. The molecular weight excluding hydrogens is 146 g/mol. The lowest BCUT2D eigenvalue weighted by Crippen LogP contribution is -2.26. The van der Waals surface area contributed by atoms with E-state index in [-0.39, 0.29) is 0 Å². The molecule has 1 fully saturated rings. The minimum absolute atomic E-state index is 0.792. The maximum atomic E-state index is 3.43. The van der Waals surface area contributed by atoms with E-state index in [0.717, 1.165) is 17.9 Å². The lowest BCUT2D eigenvalue weighted by molar-refractivity contribution is 0.417. The highest BCUT2D eigenvalue weighted by molar-refractivity contribution is 4.79. The molecule has 12 heavy (non-hydrogen) atoms. The predicted molar refractivity (Wildman–Crippen MR) is 54.3 cm³/mol. The second-order valence-corrected chi connectivity index (χ2v) is 4.64. The summed E-state index contributed by atoms with van der Waals surface area (Å²) in [5, 5.41) is 3.43. The molecule has 1 aliphatic rings. The summed E-state index contributed by atoms with van der Waals surface area (Å²) in [7, 11) is 2.10. The van der Waals surface area contributed by atoms with E-state index in [9.17, 15) is 0 Å². The van der Waals surface area contributed by atoms with E-state index in [0.29, 0.717) is 0 Å². The molecule has 1 saturated carbocycles. The van der Waals surface area contributed by atoms with Crippen LogP contribution in [-0.4, -0.2) is 13.1 Å². The lowest BCUT2D eigenvalue weighted by Gasteiger charge is -2.16. The molecule has 1 nitrogen and oxygen atoms in total. The molecule has 0 aromatic heterocycles. The van der Waals surface area contributed by atoms with Crippen molar-refractivity contribution in [1.29, 1.82) is 0 Å². The van der Waals surface area contributed by atoms with Crippen LogP contribution in [0.25, 0.3) is 0 Å². The van der Waals surface area contributed by atoms with E-state index in [1.807, 2.05) is 0 Å². The van der Waals surface area contributed by atoms with Gasteiger partial charge in [0, 0.05) is 6.04 Å². The molecule has 0 bridgehead atoms. The van der Waals surface area contributed by atoms with Gasteiger partial charge in [-0.1, -0.05) is 26.7 Å². The molecule has 0 amide bonds. The summed E-state index contributed by atoms with van der Waals surface area (Å²) in [5.41, 5.74) is 0. The van der Waals surface area contributed by atoms with Crippen molar-refractivity contribution in [2.75, 3.05) is 7.05 Å². The van der Waals surface area contributed by atoms with Crippen LogP contribution in [-0.2, 0) is 0 Å². The van der Waals surface area contributed by atoms with Gasteiger partial charge in [-0.2, -0.15) is 0 Å². The molecule has 1 heteroatoms. The Morgan fingerprint density at radius 1 is 1.25 bits per heavy atom. The molecule has 0 heterocycles. The number of hydrogen-bond acceptors (Lipinski definition) is 1. The standard InChI is InChI=1S/C11H23N/c1-9(2)4-7-11(12-3)8-10-5-6-10/h9-12H,4-8H2,1-3H3. The number of rotatable bonds is 6. The van der Waals surface area contributed by atoms with Crippen LogP contribution < -0.4 is 5.32 Å². The van der Waals surface area contributed by atoms with Gasteiger partial charge in [-0.25, -0.2) is 0 Å². The van der Waals surface area contributed by atoms with Crippen LogP contribution >= 0.6 is 0 Å². The fourth-order valence-corrected chi connectivity index (χ4v) is 1.67. The fourth-order valence-electron chi connectivity index (χ4n) is 1.67. The molecule has 72 valence electrons. The molecule has 0 aromatic rings. The Hall–Kier alpha value is -0.0400. The Morgan fingerprint density at radius 2 is 1.92 bits per heavy atom. The zero-order chi connectivity index (χ0) is 8.97. The number of hydrogen-bond donors (Lipinski definition) is 1. The third kappa shape index (κ3) is 4.10. The van der Waals surface area contributed by atoms with Crippen LogP contribution in [0.5, 0.6) is 0 Å². The number of nitrogens with one attached hydrogen (secondary N) is 1. The topological polar surface area (TPSA) is 12.0 Å². The summed E-state index contributed by atoms with van der Waals surface area (Å²) < 4.78 is 0. The van der Waals surface area contributed by atoms with Crippen molar-refractivity contribution in [2.24, 2.45) is 11.8 Å². The second-order valence-electron chi connectivity index (χ2n) is 4.64. The van der Waals surface area contributed by atoms with Crippen molar-refractivity contribution < 1.29 is 0 Å². The fraction of sp³-hybridized carbons (Fsp3) is 1.00. The van der Waals surface area contributed by atoms with Crippen LogP contribution in [0.1, 0.15) is 46.0 Å². The van der Waals surface area contributed by atoms with Crippen molar-refractivity contribution in [3.8, 4) is 0 Å². The normalized spacial score (nSPS) is 20.0. The smallest absolute Gasteiger partial charge is 0.00668 e. The largest absolute Gasteiger partial charge is 0.317 e. The molecule has 1 rings (SSSR count). The van der Waals surface area contributed by atoms with Gasteiger partial charge in [-0.3, -0.25) is 0 Å². The summed E-state index contributed by atoms with van der Waals surface area (Å²) >= 11 is 0. The van der Waals surface area contributed by atoms with Gasteiger partial charge >= 0.3 is 0 Å². The summed E-state index contributed by atoms with van der Waals surface area (Å²) in [6, 6.07) is 0.792. The Labute approximate surface area is 76.9 Å². The first-order valence-electron chi connectivity index (χ1n) is 5.39. The van der Waals surface area contributed by atoms with Crippen molar-refractivity contribution >= 4 is 0 Å². The van der Waals surface area contributed by atoms with Crippen molar-refractivity contribution in [3.63, 3.8) is 0 Å².